The fourth-order valence-electron chi connectivity index (χ4n) is 3.43. The first-order valence-corrected chi connectivity index (χ1v) is 10.2. The molecule has 0 unspecified atom stereocenters. The van der Waals surface area contributed by atoms with E-state index in [-0.39, 0.29) is 0 Å². The molecule has 0 aliphatic carbocycles. The van der Waals surface area contributed by atoms with Crippen LogP contribution in [0.2, 0.25) is 0 Å². The molecule has 0 aliphatic rings. The van der Waals surface area contributed by atoms with Gasteiger partial charge in [0.15, 0.2) is 5.82 Å². The Balaban J connectivity index is 1.51. The van der Waals surface area contributed by atoms with Crippen LogP contribution in [0.15, 0.2) is 90.3 Å². The zero-order valence-electron chi connectivity index (χ0n) is 15.8. The van der Waals surface area contributed by atoms with Gasteiger partial charge in [0.2, 0.25) is 0 Å². The standard InChI is InChI=1S/C24H18N4S/c1-16(19-13-7-11-17-8-5-6-12-20(17)19)27-28-23-21-14-22(18-9-3-2-4-10-18)29-24(21)26-15-25-23/h2-15H,1H3,(H,25,26,28)/b27-16-. The van der Waals surface area contributed by atoms with Crippen LogP contribution in [-0.4, -0.2) is 15.7 Å². The number of benzene rings is 3. The molecule has 0 bridgehead atoms. The van der Waals surface area contributed by atoms with E-state index in [0.717, 1.165) is 21.5 Å². The number of aromatic nitrogens is 2. The van der Waals surface area contributed by atoms with E-state index in [4.69, 9.17) is 0 Å². The summed E-state index contributed by atoms with van der Waals surface area (Å²) in [5.74, 6) is 0.716. The normalized spacial score (nSPS) is 11.8. The van der Waals surface area contributed by atoms with Gasteiger partial charge in [-0.25, -0.2) is 9.97 Å². The minimum Gasteiger partial charge on any atom is -0.260 e. The molecule has 0 atom stereocenters. The summed E-state index contributed by atoms with van der Waals surface area (Å²) in [5, 5.41) is 8.00. The highest BCUT2D eigenvalue weighted by atomic mass is 32.1. The van der Waals surface area contributed by atoms with Crippen LogP contribution in [0.3, 0.4) is 0 Å². The van der Waals surface area contributed by atoms with Gasteiger partial charge in [0.25, 0.3) is 0 Å². The van der Waals surface area contributed by atoms with Gasteiger partial charge in [0, 0.05) is 10.4 Å². The molecule has 4 nitrogen and oxygen atoms in total. The van der Waals surface area contributed by atoms with Gasteiger partial charge < -0.3 is 0 Å². The maximum absolute atomic E-state index is 4.63. The predicted molar refractivity (Wildman–Crippen MR) is 123 cm³/mol. The Kier molecular flexibility index (Phi) is 4.50. The Morgan fingerprint density at radius 2 is 1.66 bits per heavy atom. The minimum absolute atomic E-state index is 0.716. The summed E-state index contributed by atoms with van der Waals surface area (Å²) < 4.78 is 0. The van der Waals surface area contributed by atoms with Crippen LogP contribution in [0.25, 0.3) is 31.4 Å². The topological polar surface area (TPSA) is 50.2 Å². The van der Waals surface area contributed by atoms with E-state index in [1.807, 2.05) is 25.1 Å². The van der Waals surface area contributed by atoms with Crippen molar-refractivity contribution in [2.24, 2.45) is 5.10 Å². The van der Waals surface area contributed by atoms with Crippen LogP contribution in [0.5, 0.6) is 0 Å². The van der Waals surface area contributed by atoms with Gasteiger partial charge >= 0.3 is 0 Å². The van der Waals surface area contributed by atoms with Crippen LogP contribution in [0.4, 0.5) is 5.82 Å². The summed E-state index contributed by atoms with van der Waals surface area (Å²) in [5.41, 5.74) is 6.35. The lowest BCUT2D eigenvalue weighted by molar-refractivity contribution is 1.18. The maximum atomic E-state index is 4.63. The molecule has 2 aromatic heterocycles. The first-order valence-electron chi connectivity index (χ1n) is 9.38. The van der Waals surface area contributed by atoms with Crippen molar-refractivity contribution >= 4 is 43.9 Å². The van der Waals surface area contributed by atoms with E-state index in [1.165, 1.54) is 21.2 Å². The van der Waals surface area contributed by atoms with Crippen molar-refractivity contribution in [2.75, 3.05) is 5.43 Å². The molecular formula is C24H18N4S. The number of hydrazone groups is 1. The molecule has 1 N–H and O–H groups in total. The quantitative estimate of drug-likeness (QED) is 0.285. The van der Waals surface area contributed by atoms with Crippen molar-refractivity contribution in [1.29, 1.82) is 0 Å². The van der Waals surface area contributed by atoms with E-state index in [9.17, 15) is 0 Å². The molecule has 0 fully saturated rings. The first kappa shape index (κ1) is 17.5. The molecule has 5 heteroatoms. The highest BCUT2D eigenvalue weighted by Gasteiger charge is 2.10. The third-order valence-corrected chi connectivity index (χ3v) is 5.99. The Labute approximate surface area is 172 Å². The van der Waals surface area contributed by atoms with Gasteiger partial charge in [0.05, 0.1) is 11.1 Å². The first-order chi connectivity index (χ1) is 14.3. The summed E-state index contributed by atoms with van der Waals surface area (Å²) in [6, 6.07) is 27.1. The number of thiophene rings is 1. The monoisotopic (exact) mass is 394 g/mol. The largest absolute Gasteiger partial charge is 0.260 e. The predicted octanol–water partition coefficient (Wildman–Crippen LogP) is 6.35. The maximum Gasteiger partial charge on any atom is 0.158 e. The number of hydrogen-bond donors (Lipinski definition) is 1. The van der Waals surface area contributed by atoms with Crippen LogP contribution in [-0.2, 0) is 0 Å². The zero-order valence-corrected chi connectivity index (χ0v) is 16.6. The smallest absolute Gasteiger partial charge is 0.158 e. The van der Waals surface area contributed by atoms with Gasteiger partial charge in [-0.1, -0.05) is 72.8 Å². The number of fused-ring (bicyclic) bond motifs is 2. The zero-order chi connectivity index (χ0) is 19.6. The Morgan fingerprint density at radius 1 is 0.862 bits per heavy atom. The average molecular weight is 395 g/mol. The van der Waals surface area contributed by atoms with Crippen LogP contribution >= 0.6 is 11.3 Å². The highest BCUT2D eigenvalue weighted by molar-refractivity contribution is 7.21. The number of nitrogens with one attached hydrogen (secondary N) is 1. The van der Waals surface area contributed by atoms with Gasteiger partial charge in [-0.15, -0.1) is 11.3 Å². The molecule has 0 aliphatic heterocycles. The molecule has 2 heterocycles. The fraction of sp³-hybridized carbons (Fsp3) is 0.0417. The van der Waals surface area contributed by atoms with Crippen LogP contribution < -0.4 is 5.43 Å². The molecule has 0 saturated heterocycles. The Morgan fingerprint density at radius 3 is 2.55 bits per heavy atom. The average Bonchev–Trinajstić information content (AvgIpc) is 3.23. The van der Waals surface area contributed by atoms with Gasteiger partial charge in [-0.3, -0.25) is 5.43 Å². The van der Waals surface area contributed by atoms with Gasteiger partial charge in [0.1, 0.15) is 11.2 Å². The second-order valence-electron chi connectivity index (χ2n) is 6.75. The summed E-state index contributed by atoms with van der Waals surface area (Å²) in [4.78, 5) is 11.0. The fourth-order valence-corrected chi connectivity index (χ4v) is 4.43. The lowest BCUT2D eigenvalue weighted by Gasteiger charge is -2.07. The lowest BCUT2D eigenvalue weighted by Crippen LogP contribution is -2.02. The molecule has 0 radical (unpaired) electrons. The second-order valence-corrected chi connectivity index (χ2v) is 7.78. The number of nitrogens with zero attached hydrogens (tertiary/aromatic N) is 3. The van der Waals surface area contributed by atoms with E-state index in [0.29, 0.717) is 5.82 Å². The van der Waals surface area contributed by atoms with E-state index >= 15 is 0 Å². The van der Waals surface area contributed by atoms with Crippen molar-refractivity contribution < 1.29 is 0 Å². The molecule has 29 heavy (non-hydrogen) atoms. The lowest BCUT2D eigenvalue weighted by atomic mass is 10.0. The van der Waals surface area contributed by atoms with Crippen LogP contribution in [0.1, 0.15) is 12.5 Å². The van der Waals surface area contributed by atoms with Crippen molar-refractivity contribution in [2.45, 2.75) is 6.92 Å². The van der Waals surface area contributed by atoms with Gasteiger partial charge in [-0.05, 0) is 29.3 Å². The molecular weight excluding hydrogens is 376 g/mol. The summed E-state index contributed by atoms with van der Waals surface area (Å²) in [6.07, 6.45) is 1.58. The second kappa shape index (κ2) is 7.45. The van der Waals surface area contributed by atoms with Crippen molar-refractivity contribution in [3.05, 3.63) is 90.8 Å². The Bertz CT molecular complexity index is 1330. The number of rotatable bonds is 4. The van der Waals surface area contributed by atoms with Crippen molar-refractivity contribution in [3.63, 3.8) is 0 Å². The van der Waals surface area contributed by atoms with E-state index < -0.39 is 0 Å². The SMILES string of the molecule is C/C(=N/Nc1ncnc2sc(-c3ccccc3)cc12)c1cccc2ccccc12. The molecule has 5 aromatic rings. The van der Waals surface area contributed by atoms with E-state index in [1.54, 1.807) is 17.7 Å². The van der Waals surface area contributed by atoms with Crippen molar-refractivity contribution in [3.8, 4) is 10.4 Å². The highest BCUT2D eigenvalue weighted by Crippen LogP contribution is 2.34. The summed E-state index contributed by atoms with van der Waals surface area (Å²) in [7, 11) is 0. The molecule has 5 rings (SSSR count). The van der Waals surface area contributed by atoms with Gasteiger partial charge in [-0.2, -0.15) is 5.10 Å². The number of hydrogen-bond acceptors (Lipinski definition) is 5. The molecule has 0 spiro atoms. The van der Waals surface area contributed by atoms with Crippen molar-refractivity contribution in [1.82, 2.24) is 9.97 Å². The molecule has 3 aromatic carbocycles. The third-order valence-electron chi connectivity index (χ3n) is 4.90. The summed E-state index contributed by atoms with van der Waals surface area (Å²) >= 11 is 1.66. The minimum atomic E-state index is 0.716. The van der Waals surface area contributed by atoms with E-state index in [2.05, 4.69) is 81.2 Å². The molecule has 140 valence electrons. The summed E-state index contributed by atoms with van der Waals surface area (Å²) in [6.45, 7) is 2.01. The number of anilines is 1. The molecule has 0 saturated carbocycles. The molecule has 0 amide bonds. The van der Waals surface area contributed by atoms with Crippen LogP contribution in [0, 0.1) is 0 Å². The Hall–Kier alpha value is -3.57. The third kappa shape index (κ3) is 3.37.